The summed E-state index contributed by atoms with van der Waals surface area (Å²) in [5.41, 5.74) is 1.83. The summed E-state index contributed by atoms with van der Waals surface area (Å²) < 4.78 is 28.4. The quantitative estimate of drug-likeness (QED) is 0.443. The van der Waals surface area contributed by atoms with E-state index in [0.717, 1.165) is 21.9 Å². The van der Waals surface area contributed by atoms with Gasteiger partial charge in [0.25, 0.3) is 0 Å². The molecular weight excluding hydrogens is 420 g/mol. The van der Waals surface area contributed by atoms with Crippen LogP contribution in [0.4, 0.5) is 0 Å². The van der Waals surface area contributed by atoms with Crippen LogP contribution in [-0.2, 0) is 14.8 Å². The molecule has 1 atom stereocenters. The minimum absolute atomic E-state index is 0.124. The molecule has 6 heteroatoms. The van der Waals surface area contributed by atoms with Gasteiger partial charge in [-0.3, -0.25) is 4.79 Å². The Morgan fingerprint density at radius 1 is 0.719 bits per heavy atom. The van der Waals surface area contributed by atoms with E-state index in [4.69, 9.17) is 0 Å². The predicted molar refractivity (Wildman–Crippen MR) is 127 cm³/mol. The highest BCUT2D eigenvalue weighted by Gasteiger charge is 2.25. The number of fused-ring (bicyclic) bond motifs is 1. The fourth-order valence-corrected chi connectivity index (χ4v) is 4.84. The molecule has 0 fully saturated rings. The van der Waals surface area contributed by atoms with Gasteiger partial charge >= 0.3 is 0 Å². The van der Waals surface area contributed by atoms with E-state index in [1.807, 2.05) is 84.9 Å². The third-order valence-electron chi connectivity index (χ3n) is 5.31. The van der Waals surface area contributed by atoms with E-state index in [1.165, 1.54) is 0 Å². The van der Waals surface area contributed by atoms with Crippen molar-refractivity contribution in [3.8, 4) is 0 Å². The van der Waals surface area contributed by atoms with E-state index >= 15 is 0 Å². The standard InChI is InChI=1S/C26H24N2O3S/c1-19(28-32(30,31)24-17-16-20-10-8-9-15-23(20)18-24)26(29)27-25(21-11-4-2-5-12-21)22-13-6-3-7-14-22/h2-19,25,28H,1H3,(H,27,29)/t19-/m1/s1. The van der Waals surface area contributed by atoms with Crippen LogP contribution in [0.2, 0.25) is 0 Å². The molecule has 0 aliphatic rings. The van der Waals surface area contributed by atoms with Crippen molar-refractivity contribution < 1.29 is 13.2 Å². The first kappa shape index (κ1) is 21.7. The molecule has 0 saturated heterocycles. The van der Waals surface area contributed by atoms with Crippen molar-refractivity contribution in [3.63, 3.8) is 0 Å². The van der Waals surface area contributed by atoms with Crippen LogP contribution in [0.15, 0.2) is 108 Å². The highest BCUT2D eigenvalue weighted by molar-refractivity contribution is 7.89. The second kappa shape index (κ2) is 9.34. The Kier molecular flexibility index (Phi) is 6.35. The predicted octanol–water partition coefficient (Wildman–Crippen LogP) is 4.41. The molecule has 4 aromatic carbocycles. The molecule has 1 amide bonds. The smallest absolute Gasteiger partial charge is 0.241 e. The second-order valence-corrected chi connectivity index (χ2v) is 9.33. The summed E-state index contributed by atoms with van der Waals surface area (Å²) in [4.78, 5) is 13.1. The molecule has 2 N–H and O–H groups in total. The third-order valence-corrected chi connectivity index (χ3v) is 6.85. The monoisotopic (exact) mass is 444 g/mol. The van der Waals surface area contributed by atoms with Crippen LogP contribution in [0.1, 0.15) is 24.1 Å². The number of hydrogen-bond donors (Lipinski definition) is 2. The lowest BCUT2D eigenvalue weighted by molar-refractivity contribution is -0.122. The summed E-state index contributed by atoms with van der Waals surface area (Å²) in [7, 11) is -3.87. The molecular formula is C26H24N2O3S. The lowest BCUT2D eigenvalue weighted by atomic mass is 9.98. The summed E-state index contributed by atoms with van der Waals surface area (Å²) >= 11 is 0. The fraction of sp³-hybridized carbons (Fsp3) is 0.115. The highest BCUT2D eigenvalue weighted by atomic mass is 32.2. The molecule has 0 saturated carbocycles. The lowest BCUT2D eigenvalue weighted by Gasteiger charge is -2.22. The van der Waals surface area contributed by atoms with Crippen molar-refractivity contribution in [2.24, 2.45) is 0 Å². The molecule has 4 aromatic rings. The number of benzene rings is 4. The molecule has 162 valence electrons. The van der Waals surface area contributed by atoms with Gasteiger partial charge in [0, 0.05) is 0 Å². The number of amides is 1. The zero-order chi connectivity index (χ0) is 22.6. The second-order valence-electron chi connectivity index (χ2n) is 7.61. The first-order valence-corrected chi connectivity index (χ1v) is 11.8. The van der Waals surface area contributed by atoms with E-state index in [1.54, 1.807) is 25.1 Å². The Bertz CT molecular complexity index is 1280. The Morgan fingerprint density at radius 2 is 1.25 bits per heavy atom. The fourth-order valence-electron chi connectivity index (χ4n) is 3.61. The minimum Gasteiger partial charge on any atom is -0.344 e. The van der Waals surface area contributed by atoms with Crippen LogP contribution in [0, 0.1) is 0 Å². The molecule has 0 spiro atoms. The largest absolute Gasteiger partial charge is 0.344 e. The number of carbonyl (C=O) groups is 1. The number of rotatable bonds is 7. The SMILES string of the molecule is C[C@@H](NS(=O)(=O)c1ccc2ccccc2c1)C(=O)NC(c1ccccc1)c1ccccc1. The maximum absolute atomic E-state index is 13.0. The average Bonchev–Trinajstić information content (AvgIpc) is 2.83. The number of nitrogens with one attached hydrogen (secondary N) is 2. The summed E-state index contributed by atoms with van der Waals surface area (Å²) in [6, 6.07) is 30.3. The number of carbonyl (C=O) groups excluding carboxylic acids is 1. The molecule has 32 heavy (non-hydrogen) atoms. The topological polar surface area (TPSA) is 75.3 Å². The van der Waals surface area contributed by atoms with Gasteiger partial charge in [-0.05, 0) is 41.0 Å². The Balaban J connectivity index is 1.54. The van der Waals surface area contributed by atoms with Gasteiger partial charge in [0.1, 0.15) is 0 Å². The van der Waals surface area contributed by atoms with Gasteiger partial charge < -0.3 is 5.32 Å². The van der Waals surface area contributed by atoms with Crippen LogP contribution in [0.3, 0.4) is 0 Å². The highest BCUT2D eigenvalue weighted by Crippen LogP contribution is 2.22. The Labute approximate surface area is 188 Å². The van der Waals surface area contributed by atoms with Gasteiger partial charge in [0.2, 0.25) is 15.9 Å². The van der Waals surface area contributed by atoms with Crippen molar-refractivity contribution >= 4 is 26.7 Å². The maximum atomic E-state index is 13.0. The Morgan fingerprint density at radius 3 is 1.84 bits per heavy atom. The van der Waals surface area contributed by atoms with E-state index in [-0.39, 0.29) is 4.90 Å². The molecule has 0 bridgehead atoms. The minimum atomic E-state index is -3.87. The molecule has 0 aliphatic carbocycles. The first-order valence-electron chi connectivity index (χ1n) is 10.4. The molecule has 5 nitrogen and oxygen atoms in total. The van der Waals surface area contributed by atoms with Gasteiger partial charge in [-0.25, -0.2) is 8.42 Å². The average molecular weight is 445 g/mol. The summed E-state index contributed by atoms with van der Waals surface area (Å²) in [5.74, 6) is -0.410. The summed E-state index contributed by atoms with van der Waals surface area (Å²) in [6.07, 6.45) is 0. The van der Waals surface area contributed by atoms with Gasteiger partial charge in [-0.15, -0.1) is 0 Å². The van der Waals surface area contributed by atoms with Crippen LogP contribution in [-0.4, -0.2) is 20.4 Å². The zero-order valence-electron chi connectivity index (χ0n) is 17.6. The van der Waals surface area contributed by atoms with Crippen molar-refractivity contribution in [1.82, 2.24) is 10.0 Å². The van der Waals surface area contributed by atoms with Gasteiger partial charge in [-0.2, -0.15) is 4.72 Å². The zero-order valence-corrected chi connectivity index (χ0v) is 18.4. The molecule has 0 heterocycles. The number of sulfonamides is 1. The van der Waals surface area contributed by atoms with E-state index in [2.05, 4.69) is 10.0 Å². The molecule has 0 aromatic heterocycles. The van der Waals surface area contributed by atoms with Crippen molar-refractivity contribution in [2.45, 2.75) is 23.9 Å². The third kappa shape index (κ3) is 4.88. The van der Waals surface area contributed by atoms with Crippen molar-refractivity contribution in [3.05, 3.63) is 114 Å². The lowest BCUT2D eigenvalue weighted by Crippen LogP contribution is -2.46. The Hall–Kier alpha value is -3.48. The molecule has 0 unspecified atom stereocenters. The van der Waals surface area contributed by atoms with Crippen molar-refractivity contribution in [1.29, 1.82) is 0 Å². The van der Waals surface area contributed by atoms with E-state index in [0.29, 0.717) is 0 Å². The maximum Gasteiger partial charge on any atom is 0.241 e. The van der Waals surface area contributed by atoms with Crippen LogP contribution in [0.25, 0.3) is 10.8 Å². The van der Waals surface area contributed by atoms with Gasteiger partial charge in [0.15, 0.2) is 0 Å². The number of hydrogen-bond acceptors (Lipinski definition) is 3. The van der Waals surface area contributed by atoms with Gasteiger partial charge in [-0.1, -0.05) is 91.0 Å². The normalized spacial score (nSPS) is 12.6. The van der Waals surface area contributed by atoms with Crippen LogP contribution in [0.5, 0.6) is 0 Å². The molecule has 0 aliphatic heterocycles. The summed E-state index contributed by atoms with van der Waals surface area (Å²) in [6.45, 7) is 1.54. The first-order chi connectivity index (χ1) is 15.4. The van der Waals surface area contributed by atoms with Crippen molar-refractivity contribution in [2.75, 3.05) is 0 Å². The molecule has 0 radical (unpaired) electrons. The van der Waals surface area contributed by atoms with E-state index in [9.17, 15) is 13.2 Å². The van der Waals surface area contributed by atoms with E-state index < -0.39 is 28.0 Å². The van der Waals surface area contributed by atoms with Gasteiger partial charge in [0.05, 0.1) is 17.0 Å². The van der Waals surface area contributed by atoms with Crippen LogP contribution >= 0.6 is 0 Å². The van der Waals surface area contributed by atoms with Crippen LogP contribution < -0.4 is 10.0 Å². The summed E-state index contributed by atoms with van der Waals surface area (Å²) in [5, 5.41) is 4.76. The molecule has 4 rings (SSSR count).